The number of hydrogen-bond donors (Lipinski definition) is 1. The first-order valence-electron chi connectivity index (χ1n) is 12.0. The van der Waals surface area contributed by atoms with E-state index in [1.807, 2.05) is 37.1 Å². The lowest BCUT2D eigenvalue weighted by Gasteiger charge is -2.31. The molecule has 2 aliphatic carbocycles. The van der Waals surface area contributed by atoms with Crippen LogP contribution in [0.4, 0.5) is 0 Å². The van der Waals surface area contributed by atoms with Gasteiger partial charge in [-0.3, -0.25) is 14.6 Å². The van der Waals surface area contributed by atoms with Crippen LogP contribution in [0.5, 0.6) is 0 Å². The number of aromatic nitrogens is 1. The van der Waals surface area contributed by atoms with Crippen LogP contribution in [0.15, 0.2) is 48.8 Å². The van der Waals surface area contributed by atoms with Crippen molar-refractivity contribution in [1.29, 1.82) is 0 Å². The van der Waals surface area contributed by atoms with Gasteiger partial charge in [-0.2, -0.15) is 0 Å². The number of carbonyl (C=O) groups excluding carboxylic acids is 2. The van der Waals surface area contributed by atoms with E-state index in [9.17, 15) is 9.59 Å². The van der Waals surface area contributed by atoms with Crippen molar-refractivity contribution < 1.29 is 9.59 Å². The average molecular weight is 432 g/mol. The molecule has 0 bridgehead atoms. The molecular formula is C27H33N3O2. The first kappa shape index (κ1) is 21.2. The summed E-state index contributed by atoms with van der Waals surface area (Å²) in [6, 6.07) is 12.5. The summed E-state index contributed by atoms with van der Waals surface area (Å²) < 4.78 is 0. The Balaban J connectivity index is 1.37. The Bertz CT molecular complexity index is 1010. The minimum absolute atomic E-state index is 0.0729. The zero-order valence-corrected chi connectivity index (χ0v) is 19.1. The lowest BCUT2D eigenvalue weighted by molar-refractivity contribution is -0.135. The lowest BCUT2D eigenvalue weighted by Crippen LogP contribution is -2.47. The molecule has 2 saturated carbocycles. The zero-order chi connectivity index (χ0) is 22.3. The number of pyridine rings is 1. The van der Waals surface area contributed by atoms with Crippen molar-refractivity contribution in [2.45, 2.75) is 58.4 Å². The van der Waals surface area contributed by atoms with Gasteiger partial charge in [-0.1, -0.05) is 36.8 Å². The summed E-state index contributed by atoms with van der Waals surface area (Å²) in [5.74, 6) is 0.561. The molecule has 1 aromatic heterocycles. The molecule has 2 aromatic rings. The maximum atomic E-state index is 13.4. The maximum Gasteiger partial charge on any atom is 0.228 e. The third-order valence-corrected chi connectivity index (χ3v) is 7.87. The Morgan fingerprint density at radius 1 is 1.16 bits per heavy atom. The maximum absolute atomic E-state index is 13.4. The summed E-state index contributed by atoms with van der Waals surface area (Å²) in [6.07, 6.45) is 9.72. The topological polar surface area (TPSA) is 62.3 Å². The van der Waals surface area contributed by atoms with Crippen molar-refractivity contribution in [2.24, 2.45) is 16.7 Å². The molecule has 168 valence electrons. The van der Waals surface area contributed by atoms with Crippen LogP contribution in [0.1, 0.15) is 51.5 Å². The summed E-state index contributed by atoms with van der Waals surface area (Å²) in [4.78, 5) is 32.9. The van der Waals surface area contributed by atoms with Gasteiger partial charge < -0.3 is 10.2 Å². The third-order valence-electron chi connectivity index (χ3n) is 7.87. The summed E-state index contributed by atoms with van der Waals surface area (Å²) in [5.41, 5.74) is 3.04. The zero-order valence-electron chi connectivity index (χ0n) is 19.1. The van der Waals surface area contributed by atoms with Gasteiger partial charge in [0.05, 0.1) is 5.41 Å². The molecule has 1 spiro atoms. The normalized spacial score (nSPS) is 25.6. The summed E-state index contributed by atoms with van der Waals surface area (Å²) in [7, 11) is 0. The molecule has 5 rings (SSSR count). The quantitative estimate of drug-likeness (QED) is 0.745. The number of rotatable bonds is 6. The van der Waals surface area contributed by atoms with Crippen molar-refractivity contribution in [1.82, 2.24) is 15.2 Å². The SMILES string of the molecule is CC(C)NC(=O)[C@@]1(Cc2cccc(-c3cccnc3)c2)CCN(C(=O)[C@H]2CC23CCC3)C1. The average Bonchev–Trinajstić information content (AvgIpc) is 3.40. The number of nitrogens with one attached hydrogen (secondary N) is 1. The Hall–Kier alpha value is -2.69. The monoisotopic (exact) mass is 431 g/mol. The summed E-state index contributed by atoms with van der Waals surface area (Å²) in [5, 5.41) is 3.15. The number of nitrogens with zero attached hydrogens (tertiary/aromatic N) is 2. The van der Waals surface area contributed by atoms with Crippen molar-refractivity contribution >= 4 is 11.8 Å². The molecule has 5 nitrogen and oxygen atoms in total. The Morgan fingerprint density at radius 2 is 1.97 bits per heavy atom. The van der Waals surface area contributed by atoms with Gasteiger partial charge in [0.1, 0.15) is 0 Å². The molecule has 0 radical (unpaired) electrons. The van der Waals surface area contributed by atoms with E-state index in [1.54, 1.807) is 6.20 Å². The highest BCUT2D eigenvalue weighted by molar-refractivity contribution is 5.88. The van der Waals surface area contributed by atoms with Crippen LogP contribution in [-0.2, 0) is 16.0 Å². The van der Waals surface area contributed by atoms with Crippen molar-refractivity contribution in [3.05, 3.63) is 54.4 Å². The Kier molecular flexibility index (Phi) is 5.31. The van der Waals surface area contributed by atoms with Crippen LogP contribution in [0.25, 0.3) is 11.1 Å². The van der Waals surface area contributed by atoms with Gasteiger partial charge in [-0.15, -0.1) is 0 Å². The first-order valence-corrected chi connectivity index (χ1v) is 12.0. The number of amides is 2. The molecule has 32 heavy (non-hydrogen) atoms. The summed E-state index contributed by atoms with van der Waals surface area (Å²) in [6.45, 7) is 5.20. The predicted molar refractivity (Wildman–Crippen MR) is 125 cm³/mol. The summed E-state index contributed by atoms with van der Waals surface area (Å²) >= 11 is 0. The van der Waals surface area contributed by atoms with Gasteiger partial charge in [0.25, 0.3) is 0 Å². The molecular weight excluding hydrogens is 398 g/mol. The highest BCUT2D eigenvalue weighted by atomic mass is 16.2. The van der Waals surface area contributed by atoms with Gasteiger partial charge in [0.15, 0.2) is 0 Å². The molecule has 1 N–H and O–H groups in total. The minimum Gasteiger partial charge on any atom is -0.353 e. The molecule has 2 amide bonds. The second kappa shape index (κ2) is 8.02. The Labute approximate surface area is 190 Å². The van der Waals surface area contributed by atoms with Crippen molar-refractivity contribution in [3.63, 3.8) is 0 Å². The largest absolute Gasteiger partial charge is 0.353 e. The van der Waals surface area contributed by atoms with Crippen LogP contribution >= 0.6 is 0 Å². The van der Waals surface area contributed by atoms with Crippen molar-refractivity contribution in [3.8, 4) is 11.1 Å². The number of carbonyl (C=O) groups is 2. The standard InChI is InChI=1S/C27H33N3O2/c1-19(2)29-25(32)27(11-13-30(18-27)24(31)23-16-26(23)9-5-10-26)15-20-6-3-7-21(14-20)22-8-4-12-28-17-22/h3-4,6-8,12,14,17,19,23H,5,9-11,13,15-16,18H2,1-2H3,(H,29,32)/t23-,27-/m1/s1. The predicted octanol–water partition coefficient (Wildman–Crippen LogP) is 4.22. The van der Waals surface area contributed by atoms with Gasteiger partial charge in [0, 0.05) is 37.4 Å². The molecule has 1 aliphatic heterocycles. The second-order valence-electron chi connectivity index (χ2n) is 10.5. The van der Waals surface area contributed by atoms with Gasteiger partial charge in [-0.25, -0.2) is 0 Å². The van der Waals surface area contributed by atoms with Crippen LogP contribution in [0.3, 0.4) is 0 Å². The molecule has 2 heterocycles. The van der Waals surface area contributed by atoms with Crippen molar-refractivity contribution in [2.75, 3.05) is 13.1 Å². The molecule has 3 fully saturated rings. The highest BCUT2D eigenvalue weighted by Crippen LogP contribution is 2.66. The number of likely N-dealkylation sites (tertiary alicyclic amines) is 1. The molecule has 0 unspecified atom stereocenters. The van der Waals surface area contributed by atoms with Crippen LogP contribution in [0.2, 0.25) is 0 Å². The molecule has 2 atom stereocenters. The van der Waals surface area contributed by atoms with Crippen LogP contribution in [-0.4, -0.2) is 40.8 Å². The smallest absolute Gasteiger partial charge is 0.228 e. The van der Waals surface area contributed by atoms with Crippen LogP contribution in [0, 0.1) is 16.7 Å². The van der Waals surface area contributed by atoms with Gasteiger partial charge in [-0.05, 0) is 74.1 Å². The Morgan fingerprint density at radius 3 is 2.62 bits per heavy atom. The van der Waals surface area contributed by atoms with Gasteiger partial charge >= 0.3 is 0 Å². The number of benzene rings is 1. The van der Waals surface area contributed by atoms with E-state index in [0.29, 0.717) is 31.3 Å². The molecule has 1 aromatic carbocycles. The minimum atomic E-state index is -0.574. The van der Waals surface area contributed by atoms with E-state index < -0.39 is 5.41 Å². The fourth-order valence-electron chi connectivity index (χ4n) is 5.77. The molecule has 3 aliphatic rings. The fraction of sp³-hybridized carbons (Fsp3) is 0.519. The van der Waals surface area contributed by atoms with Gasteiger partial charge in [0.2, 0.25) is 11.8 Å². The van der Waals surface area contributed by atoms with E-state index in [2.05, 4.69) is 34.6 Å². The number of hydrogen-bond acceptors (Lipinski definition) is 3. The highest BCUT2D eigenvalue weighted by Gasteiger charge is 2.62. The van der Waals surface area contributed by atoms with E-state index in [1.165, 1.54) is 19.3 Å². The van der Waals surface area contributed by atoms with E-state index in [4.69, 9.17) is 0 Å². The van der Waals surface area contributed by atoms with E-state index >= 15 is 0 Å². The first-order chi connectivity index (χ1) is 15.4. The fourth-order valence-corrected chi connectivity index (χ4v) is 5.77. The van der Waals surface area contributed by atoms with Crippen LogP contribution < -0.4 is 5.32 Å². The second-order valence-corrected chi connectivity index (χ2v) is 10.5. The van der Waals surface area contributed by atoms with E-state index in [-0.39, 0.29) is 23.8 Å². The molecule has 1 saturated heterocycles. The van der Waals surface area contributed by atoms with E-state index in [0.717, 1.165) is 23.1 Å². The lowest BCUT2D eigenvalue weighted by atomic mass is 9.79. The molecule has 5 heteroatoms. The third kappa shape index (κ3) is 3.82.